The third-order valence-electron chi connectivity index (χ3n) is 2.19. The minimum absolute atomic E-state index is 0.586. The zero-order chi connectivity index (χ0) is 11.5. The molecular weight excluding hydrogens is 270 g/mol. The molecule has 0 saturated carbocycles. The predicted octanol–water partition coefficient (Wildman–Crippen LogP) is 1.45. The maximum Gasteiger partial charge on any atom is 0.250 e. The summed E-state index contributed by atoms with van der Waals surface area (Å²) in [6, 6.07) is 0. The number of aromatic nitrogens is 4. The summed E-state index contributed by atoms with van der Waals surface area (Å²) >= 11 is 3.34. The molecule has 0 aliphatic heterocycles. The van der Waals surface area contributed by atoms with Crippen molar-refractivity contribution in [2.45, 2.75) is 13.5 Å². The van der Waals surface area contributed by atoms with Crippen LogP contribution in [0.5, 0.6) is 0 Å². The Bertz CT molecular complexity index is 494. The second-order valence-corrected chi connectivity index (χ2v) is 4.33. The van der Waals surface area contributed by atoms with E-state index in [0.29, 0.717) is 5.95 Å². The van der Waals surface area contributed by atoms with Gasteiger partial charge in [0, 0.05) is 30.2 Å². The molecule has 2 heterocycles. The fourth-order valence-electron chi connectivity index (χ4n) is 1.36. The smallest absolute Gasteiger partial charge is 0.250 e. The molecule has 2 aromatic rings. The van der Waals surface area contributed by atoms with E-state index in [2.05, 4.69) is 36.3 Å². The van der Waals surface area contributed by atoms with E-state index in [4.69, 9.17) is 0 Å². The van der Waals surface area contributed by atoms with Crippen LogP contribution >= 0.6 is 15.9 Å². The van der Waals surface area contributed by atoms with Crippen molar-refractivity contribution < 1.29 is 0 Å². The Hall–Kier alpha value is -1.27. The predicted molar refractivity (Wildman–Crippen MR) is 64.4 cm³/mol. The van der Waals surface area contributed by atoms with E-state index in [0.717, 1.165) is 22.3 Å². The minimum atomic E-state index is 0.586. The van der Waals surface area contributed by atoms with Gasteiger partial charge < -0.3 is 5.32 Å². The quantitative estimate of drug-likeness (QED) is 0.925. The molecule has 0 fully saturated rings. The molecule has 2 rings (SSSR count). The van der Waals surface area contributed by atoms with Crippen molar-refractivity contribution in [3.63, 3.8) is 0 Å². The van der Waals surface area contributed by atoms with E-state index in [-0.39, 0.29) is 0 Å². The maximum atomic E-state index is 4.40. The van der Waals surface area contributed by atoms with Crippen molar-refractivity contribution >= 4 is 15.9 Å². The van der Waals surface area contributed by atoms with Gasteiger partial charge in [-0.3, -0.25) is 0 Å². The van der Waals surface area contributed by atoms with E-state index < -0.39 is 0 Å². The molecule has 0 aliphatic carbocycles. The second kappa shape index (κ2) is 4.71. The molecule has 0 amide bonds. The van der Waals surface area contributed by atoms with Crippen LogP contribution in [0.2, 0.25) is 0 Å². The standard InChI is InChI=1S/C10H12BrN5/c1-7-8(3-12-2)4-13-10(15-7)16-6-9(11)5-14-16/h4-6,12H,3H2,1-2H3. The van der Waals surface area contributed by atoms with E-state index in [1.807, 2.05) is 26.4 Å². The van der Waals surface area contributed by atoms with Gasteiger partial charge in [-0.15, -0.1) is 0 Å². The van der Waals surface area contributed by atoms with Gasteiger partial charge in [-0.05, 0) is 29.9 Å². The molecule has 2 aromatic heterocycles. The maximum absolute atomic E-state index is 4.40. The number of hydrogen-bond acceptors (Lipinski definition) is 4. The third-order valence-corrected chi connectivity index (χ3v) is 2.60. The molecule has 0 spiro atoms. The molecular formula is C10H12BrN5. The average molecular weight is 282 g/mol. The van der Waals surface area contributed by atoms with Gasteiger partial charge in [-0.2, -0.15) is 5.10 Å². The second-order valence-electron chi connectivity index (χ2n) is 3.41. The molecule has 84 valence electrons. The summed E-state index contributed by atoms with van der Waals surface area (Å²) in [4.78, 5) is 8.67. The van der Waals surface area contributed by atoms with Crippen molar-refractivity contribution in [2.24, 2.45) is 0 Å². The average Bonchev–Trinajstić information content (AvgIpc) is 2.68. The van der Waals surface area contributed by atoms with Crippen molar-refractivity contribution in [1.82, 2.24) is 25.1 Å². The largest absolute Gasteiger partial charge is 0.316 e. The number of aryl methyl sites for hydroxylation is 1. The molecule has 0 bridgehead atoms. The number of halogens is 1. The molecule has 0 aromatic carbocycles. The lowest BCUT2D eigenvalue weighted by Crippen LogP contribution is -2.10. The van der Waals surface area contributed by atoms with Crippen LogP contribution in [0.25, 0.3) is 5.95 Å². The Morgan fingerprint density at radius 3 is 2.81 bits per heavy atom. The van der Waals surface area contributed by atoms with E-state index >= 15 is 0 Å². The summed E-state index contributed by atoms with van der Waals surface area (Å²) in [6.07, 6.45) is 5.36. The van der Waals surface area contributed by atoms with E-state index in [9.17, 15) is 0 Å². The number of nitrogens with one attached hydrogen (secondary N) is 1. The topological polar surface area (TPSA) is 55.6 Å². The van der Waals surface area contributed by atoms with Gasteiger partial charge in [-0.1, -0.05) is 0 Å². The molecule has 6 heteroatoms. The highest BCUT2D eigenvalue weighted by molar-refractivity contribution is 9.10. The minimum Gasteiger partial charge on any atom is -0.316 e. The van der Waals surface area contributed by atoms with Crippen LogP contribution in [0.4, 0.5) is 0 Å². The van der Waals surface area contributed by atoms with Crippen LogP contribution in [0.15, 0.2) is 23.1 Å². The van der Waals surface area contributed by atoms with Gasteiger partial charge in [0.2, 0.25) is 0 Å². The first-order chi connectivity index (χ1) is 7.70. The number of hydrogen-bond donors (Lipinski definition) is 1. The monoisotopic (exact) mass is 281 g/mol. The fraction of sp³-hybridized carbons (Fsp3) is 0.300. The fourth-order valence-corrected chi connectivity index (χ4v) is 1.65. The Kier molecular flexibility index (Phi) is 3.31. The Morgan fingerprint density at radius 2 is 2.25 bits per heavy atom. The van der Waals surface area contributed by atoms with Gasteiger partial charge in [0.25, 0.3) is 5.95 Å². The highest BCUT2D eigenvalue weighted by Crippen LogP contribution is 2.11. The van der Waals surface area contributed by atoms with Crippen LogP contribution in [0.3, 0.4) is 0 Å². The third kappa shape index (κ3) is 2.28. The lowest BCUT2D eigenvalue weighted by molar-refractivity contribution is 0.763. The van der Waals surface area contributed by atoms with Crippen molar-refractivity contribution in [2.75, 3.05) is 7.05 Å². The van der Waals surface area contributed by atoms with Crippen LogP contribution in [0.1, 0.15) is 11.3 Å². The molecule has 0 atom stereocenters. The first kappa shape index (κ1) is 11.2. The molecule has 0 saturated heterocycles. The van der Waals surface area contributed by atoms with Crippen LogP contribution in [-0.2, 0) is 6.54 Å². The molecule has 16 heavy (non-hydrogen) atoms. The zero-order valence-corrected chi connectivity index (χ0v) is 10.7. The molecule has 0 radical (unpaired) electrons. The molecule has 1 N–H and O–H groups in total. The van der Waals surface area contributed by atoms with Crippen molar-refractivity contribution in [3.05, 3.63) is 34.3 Å². The van der Waals surface area contributed by atoms with E-state index in [1.165, 1.54) is 0 Å². The van der Waals surface area contributed by atoms with Crippen LogP contribution < -0.4 is 5.32 Å². The van der Waals surface area contributed by atoms with Crippen molar-refractivity contribution in [3.8, 4) is 5.95 Å². The summed E-state index contributed by atoms with van der Waals surface area (Å²) in [6.45, 7) is 2.74. The lowest BCUT2D eigenvalue weighted by atomic mass is 10.2. The van der Waals surface area contributed by atoms with Gasteiger partial charge in [0.1, 0.15) is 0 Å². The highest BCUT2D eigenvalue weighted by atomic mass is 79.9. The molecule has 5 nitrogen and oxygen atoms in total. The normalized spacial score (nSPS) is 10.7. The lowest BCUT2D eigenvalue weighted by Gasteiger charge is -2.05. The SMILES string of the molecule is CNCc1cnc(-n2cc(Br)cn2)nc1C. The van der Waals surface area contributed by atoms with Crippen LogP contribution in [-0.4, -0.2) is 26.8 Å². The van der Waals surface area contributed by atoms with Gasteiger partial charge >= 0.3 is 0 Å². The first-order valence-corrected chi connectivity index (χ1v) is 5.67. The summed E-state index contributed by atoms with van der Waals surface area (Å²) in [5.41, 5.74) is 2.06. The summed E-state index contributed by atoms with van der Waals surface area (Å²) in [5, 5.41) is 7.21. The first-order valence-electron chi connectivity index (χ1n) is 4.88. The Balaban J connectivity index is 2.34. The molecule has 0 aliphatic rings. The number of nitrogens with zero attached hydrogens (tertiary/aromatic N) is 4. The van der Waals surface area contributed by atoms with Gasteiger partial charge in [-0.25, -0.2) is 14.6 Å². The van der Waals surface area contributed by atoms with E-state index in [1.54, 1.807) is 10.9 Å². The summed E-state index contributed by atoms with van der Waals surface area (Å²) < 4.78 is 2.55. The van der Waals surface area contributed by atoms with Crippen molar-refractivity contribution in [1.29, 1.82) is 0 Å². The Morgan fingerprint density at radius 1 is 1.44 bits per heavy atom. The Labute approximate surface area is 102 Å². The zero-order valence-electron chi connectivity index (χ0n) is 9.11. The number of rotatable bonds is 3. The summed E-state index contributed by atoms with van der Waals surface area (Å²) in [7, 11) is 1.90. The van der Waals surface area contributed by atoms with Gasteiger partial charge in [0.15, 0.2) is 0 Å². The highest BCUT2D eigenvalue weighted by Gasteiger charge is 2.05. The summed E-state index contributed by atoms with van der Waals surface area (Å²) in [5.74, 6) is 0.586. The van der Waals surface area contributed by atoms with Gasteiger partial charge in [0.05, 0.1) is 10.7 Å². The van der Waals surface area contributed by atoms with Crippen LogP contribution in [0, 0.1) is 6.92 Å². The molecule has 0 unspecified atom stereocenters.